The predicted molar refractivity (Wildman–Crippen MR) is 98.7 cm³/mol. The van der Waals surface area contributed by atoms with Gasteiger partial charge in [0.2, 0.25) is 5.91 Å². The topological polar surface area (TPSA) is 41.6 Å². The van der Waals surface area contributed by atoms with Gasteiger partial charge in [-0.15, -0.1) is 0 Å². The Balaban J connectivity index is 2.04. The zero-order valence-electron chi connectivity index (χ0n) is 14.6. The van der Waals surface area contributed by atoms with E-state index < -0.39 is 5.82 Å². The largest absolute Gasteiger partial charge is 0.497 e. The molecule has 2 aromatic carbocycles. The van der Waals surface area contributed by atoms with Crippen LogP contribution < -0.4 is 10.1 Å². The summed E-state index contributed by atoms with van der Waals surface area (Å²) in [5.41, 5.74) is 1.54. The molecule has 0 radical (unpaired) electrons. The summed E-state index contributed by atoms with van der Waals surface area (Å²) in [4.78, 5) is 14.4. The van der Waals surface area contributed by atoms with Crippen LogP contribution >= 0.6 is 11.6 Å². The van der Waals surface area contributed by atoms with Gasteiger partial charge in [-0.2, -0.15) is 0 Å². The first-order valence-electron chi connectivity index (χ1n) is 8.07. The highest BCUT2D eigenvalue weighted by Crippen LogP contribution is 2.24. The molecule has 0 aromatic heterocycles. The Bertz CT molecular complexity index is 739. The summed E-state index contributed by atoms with van der Waals surface area (Å²) >= 11 is 5.74. The zero-order chi connectivity index (χ0) is 18.4. The molecule has 0 saturated heterocycles. The molecule has 1 N–H and O–H groups in total. The van der Waals surface area contributed by atoms with Crippen molar-refractivity contribution in [1.82, 2.24) is 4.90 Å². The van der Waals surface area contributed by atoms with E-state index in [4.69, 9.17) is 16.3 Å². The van der Waals surface area contributed by atoms with Crippen LogP contribution in [0.15, 0.2) is 42.5 Å². The maximum atomic E-state index is 13.2. The highest BCUT2D eigenvalue weighted by atomic mass is 35.5. The Kier molecular flexibility index (Phi) is 6.79. The lowest BCUT2D eigenvalue weighted by Crippen LogP contribution is -2.35. The van der Waals surface area contributed by atoms with Gasteiger partial charge in [0.05, 0.1) is 18.7 Å². The van der Waals surface area contributed by atoms with Gasteiger partial charge in [-0.25, -0.2) is 4.39 Å². The minimum absolute atomic E-state index is 0.0186. The normalized spacial score (nSPS) is 12.1. The number of benzene rings is 2. The molecule has 2 aromatic rings. The molecule has 1 unspecified atom stereocenters. The summed E-state index contributed by atoms with van der Waals surface area (Å²) in [6.45, 7) is 4.96. The van der Waals surface area contributed by atoms with Crippen molar-refractivity contribution < 1.29 is 13.9 Å². The summed E-state index contributed by atoms with van der Waals surface area (Å²) in [7, 11) is 1.63. The number of carbonyl (C=O) groups is 1. The number of carbonyl (C=O) groups excluding carboxylic acids is 1. The Morgan fingerprint density at radius 3 is 2.72 bits per heavy atom. The Morgan fingerprint density at radius 1 is 1.32 bits per heavy atom. The van der Waals surface area contributed by atoms with Crippen LogP contribution in [0.25, 0.3) is 0 Å². The second-order valence-electron chi connectivity index (χ2n) is 5.69. The Labute approximate surface area is 152 Å². The van der Waals surface area contributed by atoms with Crippen molar-refractivity contribution in [3.8, 4) is 5.75 Å². The number of hydrogen-bond donors (Lipinski definition) is 1. The first-order valence-corrected chi connectivity index (χ1v) is 8.45. The number of ether oxygens (including phenoxy) is 1. The van der Waals surface area contributed by atoms with Gasteiger partial charge < -0.3 is 10.1 Å². The number of rotatable bonds is 7. The second-order valence-corrected chi connectivity index (χ2v) is 6.10. The Hall–Kier alpha value is -2.11. The van der Waals surface area contributed by atoms with Crippen LogP contribution in [0, 0.1) is 5.82 Å². The van der Waals surface area contributed by atoms with Crippen LogP contribution in [-0.2, 0) is 4.79 Å². The quantitative estimate of drug-likeness (QED) is 0.786. The third-order valence-electron chi connectivity index (χ3n) is 4.08. The molecule has 4 nitrogen and oxygen atoms in total. The molecule has 0 saturated carbocycles. The van der Waals surface area contributed by atoms with Gasteiger partial charge in [0.25, 0.3) is 0 Å². The summed E-state index contributed by atoms with van der Waals surface area (Å²) < 4.78 is 18.5. The fraction of sp³-hybridized carbons (Fsp3) is 0.316. The first kappa shape index (κ1) is 19.2. The van der Waals surface area contributed by atoms with E-state index >= 15 is 0 Å². The monoisotopic (exact) mass is 364 g/mol. The fourth-order valence-corrected chi connectivity index (χ4v) is 2.77. The van der Waals surface area contributed by atoms with Crippen LogP contribution in [-0.4, -0.2) is 31.0 Å². The lowest BCUT2D eigenvalue weighted by Gasteiger charge is -2.27. The van der Waals surface area contributed by atoms with Crippen LogP contribution in [0.2, 0.25) is 5.02 Å². The van der Waals surface area contributed by atoms with Crippen LogP contribution in [0.1, 0.15) is 25.5 Å². The lowest BCUT2D eigenvalue weighted by atomic mass is 10.1. The highest BCUT2D eigenvalue weighted by Gasteiger charge is 2.18. The van der Waals surface area contributed by atoms with Crippen molar-refractivity contribution in [2.75, 3.05) is 25.5 Å². The molecule has 134 valence electrons. The summed E-state index contributed by atoms with van der Waals surface area (Å²) in [6, 6.07) is 11.9. The van der Waals surface area contributed by atoms with Gasteiger partial charge in [-0.1, -0.05) is 30.7 Å². The molecule has 0 spiro atoms. The van der Waals surface area contributed by atoms with E-state index in [0.717, 1.165) is 11.3 Å². The number of hydrogen-bond acceptors (Lipinski definition) is 3. The molecule has 25 heavy (non-hydrogen) atoms. The Morgan fingerprint density at radius 2 is 2.08 bits per heavy atom. The molecule has 0 heterocycles. The maximum absolute atomic E-state index is 13.2. The number of nitrogens with zero attached hydrogens (tertiary/aromatic N) is 1. The van der Waals surface area contributed by atoms with Crippen molar-refractivity contribution >= 4 is 23.2 Å². The first-order chi connectivity index (χ1) is 11.9. The standard InChI is InChI=1S/C19H22ClFN2O2/c1-4-23(13(2)14-6-5-7-16(10-14)25-3)12-19(24)22-15-8-9-18(21)17(20)11-15/h5-11,13H,4,12H2,1-3H3,(H,22,24). The van der Waals surface area contributed by atoms with E-state index in [1.807, 2.05) is 43.0 Å². The summed E-state index contributed by atoms with van der Waals surface area (Å²) in [5.74, 6) is 0.0894. The van der Waals surface area contributed by atoms with Gasteiger partial charge in [-0.3, -0.25) is 9.69 Å². The second kappa shape index (κ2) is 8.83. The molecule has 1 amide bonds. The molecular formula is C19H22ClFN2O2. The van der Waals surface area contributed by atoms with Crippen LogP contribution in [0.5, 0.6) is 5.75 Å². The van der Waals surface area contributed by atoms with Crippen LogP contribution in [0.3, 0.4) is 0 Å². The molecule has 0 aliphatic carbocycles. The van der Waals surface area contributed by atoms with Crippen LogP contribution in [0.4, 0.5) is 10.1 Å². The molecule has 0 aliphatic heterocycles. The summed E-state index contributed by atoms with van der Waals surface area (Å²) in [6.07, 6.45) is 0. The van der Waals surface area contributed by atoms with Crippen molar-refractivity contribution in [3.05, 3.63) is 58.9 Å². The molecule has 2 rings (SSSR count). The van der Waals surface area contributed by atoms with E-state index in [2.05, 4.69) is 5.32 Å². The van der Waals surface area contributed by atoms with Gasteiger partial charge in [-0.05, 0) is 49.4 Å². The van der Waals surface area contributed by atoms with Crippen molar-refractivity contribution in [1.29, 1.82) is 0 Å². The van der Waals surface area contributed by atoms with Gasteiger partial charge in [0.15, 0.2) is 0 Å². The number of amides is 1. The van der Waals surface area contributed by atoms with Crippen molar-refractivity contribution in [3.63, 3.8) is 0 Å². The number of halogens is 2. The van der Waals surface area contributed by atoms with Gasteiger partial charge in [0.1, 0.15) is 11.6 Å². The van der Waals surface area contributed by atoms with Crippen molar-refractivity contribution in [2.45, 2.75) is 19.9 Å². The van der Waals surface area contributed by atoms with Gasteiger partial charge >= 0.3 is 0 Å². The average molecular weight is 365 g/mol. The minimum Gasteiger partial charge on any atom is -0.497 e. The molecule has 0 fully saturated rings. The number of anilines is 1. The van der Waals surface area contributed by atoms with Gasteiger partial charge in [0, 0.05) is 11.7 Å². The molecule has 0 bridgehead atoms. The zero-order valence-corrected chi connectivity index (χ0v) is 15.3. The highest BCUT2D eigenvalue weighted by molar-refractivity contribution is 6.31. The van der Waals surface area contributed by atoms with E-state index in [1.165, 1.54) is 18.2 Å². The molecule has 6 heteroatoms. The third-order valence-corrected chi connectivity index (χ3v) is 4.37. The third kappa shape index (κ3) is 5.18. The molecule has 1 atom stereocenters. The summed E-state index contributed by atoms with van der Waals surface area (Å²) in [5, 5.41) is 2.73. The maximum Gasteiger partial charge on any atom is 0.238 e. The predicted octanol–water partition coefficient (Wildman–Crippen LogP) is 4.51. The van der Waals surface area contributed by atoms with E-state index in [-0.39, 0.29) is 23.5 Å². The smallest absolute Gasteiger partial charge is 0.238 e. The fourth-order valence-electron chi connectivity index (χ4n) is 2.59. The molecule has 0 aliphatic rings. The SMILES string of the molecule is CCN(CC(=O)Nc1ccc(F)c(Cl)c1)C(C)c1cccc(OC)c1. The average Bonchev–Trinajstić information content (AvgIpc) is 2.62. The number of likely N-dealkylation sites (N-methyl/N-ethyl adjacent to an activating group) is 1. The van der Waals surface area contributed by atoms with E-state index in [0.29, 0.717) is 12.2 Å². The molecular weight excluding hydrogens is 343 g/mol. The van der Waals surface area contributed by atoms with E-state index in [1.54, 1.807) is 7.11 Å². The number of methoxy groups -OCH3 is 1. The van der Waals surface area contributed by atoms with E-state index in [9.17, 15) is 9.18 Å². The lowest BCUT2D eigenvalue weighted by molar-refractivity contribution is -0.117. The minimum atomic E-state index is -0.513. The number of nitrogens with one attached hydrogen (secondary N) is 1. The van der Waals surface area contributed by atoms with Crippen molar-refractivity contribution in [2.24, 2.45) is 0 Å².